The number of fused-ring (bicyclic) bond motifs is 1. The average molecular weight is 415 g/mol. The lowest BCUT2D eigenvalue weighted by Gasteiger charge is -2.49. The molecule has 2 aromatic carbocycles. The first-order valence-electron chi connectivity index (χ1n) is 10.5. The molecule has 31 heavy (non-hydrogen) atoms. The van der Waals surface area contributed by atoms with Gasteiger partial charge < -0.3 is 15.3 Å². The van der Waals surface area contributed by atoms with Crippen molar-refractivity contribution in [3.8, 4) is 22.5 Å². The number of benzene rings is 2. The van der Waals surface area contributed by atoms with E-state index in [-0.39, 0.29) is 5.56 Å². The van der Waals surface area contributed by atoms with Crippen LogP contribution in [0.15, 0.2) is 70.1 Å². The molecule has 6 nitrogen and oxygen atoms in total. The van der Waals surface area contributed by atoms with E-state index in [2.05, 4.69) is 4.98 Å². The highest BCUT2D eigenvalue weighted by Crippen LogP contribution is 2.47. The third-order valence-electron chi connectivity index (χ3n) is 6.20. The quantitative estimate of drug-likeness (QED) is 0.525. The Bertz CT molecular complexity index is 1310. The Morgan fingerprint density at radius 2 is 1.77 bits per heavy atom. The van der Waals surface area contributed by atoms with E-state index >= 15 is 0 Å². The summed E-state index contributed by atoms with van der Waals surface area (Å²) in [4.78, 5) is 17.5. The normalized spacial score (nSPS) is 23.1. The molecule has 0 saturated heterocycles. The van der Waals surface area contributed by atoms with Crippen molar-refractivity contribution in [3.05, 3.63) is 76.8 Å². The first-order chi connectivity index (χ1) is 14.8. The van der Waals surface area contributed by atoms with Gasteiger partial charge in [-0.1, -0.05) is 54.6 Å². The fourth-order valence-corrected chi connectivity index (χ4v) is 4.80. The summed E-state index contributed by atoms with van der Waals surface area (Å²) in [5, 5.41) is 10.6. The molecule has 3 N–H and O–H groups in total. The molecule has 5 rings (SSSR count). The zero-order chi connectivity index (χ0) is 21.8. The van der Waals surface area contributed by atoms with Crippen LogP contribution in [-0.4, -0.2) is 20.3 Å². The predicted molar refractivity (Wildman–Crippen MR) is 121 cm³/mol. The van der Waals surface area contributed by atoms with E-state index in [1.807, 2.05) is 68.4 Å². The third kappa shape index (κ3) is 3.19. The minimum Gasteiger partial charge on any atom is -0.437 e. The summed E-state index contributed by atoms with van der Waals surface area (Å²) in [5.74, 6) is 0.609. The highest BCUT2D eigenvalue weighted by atomic mass is 16.3. The number of aliphatic hydroxyl groups is 1. The number of nitrogens with zero attached hydrogens (tertiary/aromatic N) is 2. The van der Waals surface area contributed by atoms with Gasteiger partial charge in [0.15, 0.2) is 0 Å². The van der Waals surface area contributed by atoms with Crippen molar-refractivity contribution in [2.24, 2.45) is 5.73 Å². The zero-order valence-electron chi connectivity index (χ0n) is 17.6. The van der Waals surface area contributed by atoms with Crippen LogP contribution in [-0.2, 0) is 12.1 Å². The molecule has 0 aliphatic heterocycles. The Kier molecular flexibility index (Phi) is 4.39. The maximum Gasteiger partial charge on any atom is 0.265 e. The van der Waals surface area contributed by atoms with E-state index in [0.29, 0.717) is 36.2 Å². The highest BCUT2D eigenvalue weighted by molar-refractivity contribution is 5.99. The molecule has 4 aromatic rings. The topological polar surface area (TPSA) is 94.3 Å². The van der Waals surface area contributed by atoms with Crippen molar-refractivity contribution in [1.82, 2.24) is 9.55 Å². The molecule has 1 fully saturated rings. The Morgan fingerprint density at radius 1 is 1.10 bits per heavy atom. The second-order valence-corrected chi connectivity index (χ2v) is 8.77. The molecule has 2 heterocycles. The van der Waals surface area contributed by atoms with Crippen LogP contribution in [0.1, 0.15) is 32.3 Å². The van der Waals surface area contributed by atoms with Crippen LogP contribution < -0.4 is 11.3 Å². The smallest absolute Gasteiger partial charge is 0.265 e. The number of aromatic nitrogens is 2. The number of furan rings is 1. The number of aryl methyl sites for hydroxylation is 1. The summed E-state index contributed by atoms with van der Waals surface area (Å²) < 4.78 is 7.70. The minimum absolute atomic E-state index is 0.115. The second-order valence-electron chi connectivity index (χ2n) is 8.77. The molecule has 1 aliphatic carbocycles. The van der Waals surface area contributed by atoms with Gasteiger partial charge in [-0.15, -0.1) is 0 Å². The molecular formula is C25H25N3O3. The first kappa shape index (κ1) is 19.7. The zero-order valence-corrected chi connectivity index (χ0v) is 17.6. The van der Waals surface area contributed by atoms with E-state index in [0.717, 1.165) is 22.3 Å². The van der Waals surface area contributed by atoms with Crippen LogP contribution in [0.2, 0.25) is 0 Å². The van der Waals surface area contributed by atoms with Crippen molar-refractivity contribution in [1.29, 1.82) is 0 Å². The lowest BCUT2D eigenvalue weighted by molar-refractivity contribution is -0.0738. The molecule has 0 bridgehead atoms. The molecule has 0 unspecified atom stereocenters. The van der Waals surface area contributed by atoms with E-state index in [9.17, 15) is 9.90 Å². The molecule has 0 spiro atoms. The van der Waals surface area contributed by atoms with Gasteiger partial charge in [-0.05, 0) is 37.8 Å². The van der Waals surface area contributed by atoms with Crippen LogP contribution in [0.25, 0.3) is 33.6 Å². The van der Waals surface area contributed by atoms with Gasteiger partial charge in [-0.25, -0.2) is 4.98 Å². The molecule has 2 aromatic heterocycles. The SMILES string of the molecule is CCn1cnc2oc(-c3ccc(C4(N)CC(C)(O)C4)cc3)c(-c3ccccc3)c2c1=O. The molecule has 6 heteroatoms. The minimum atomic E-state index is -0.711. The summed E-state index contributed by atoms with van der Waals surface area (Å²) in [6.07, 6.45) is 2.58. The number of nitrogens with two attached hydrogens (primary N) is 1. The van der Waals surface area contributed by atoms with Gasteiger partial charge in [0, 0.05) is 23.2 Å². The van der Waals surface area contributed by atoms with Gasteiger partial charge >= 0.3 is 0 Å². The number of hydrogen-bond donors (Lipinski definition) is 2. The average Bonchev–Trinajstić information content (AvgIpc) is 3.14. The molecule has 0 radical (unpaired) electrons. The summed E-state index contributed by atoms with van der Waals surface area (Å²) in [7, 11) is 0. The van der Waals surface area contributed by atoms with Crippen LogP contribution in [0.5, 0.6) is 0 Å². The number of hydrogen-bond acceptors (Lipinski definition) is 5. The van der Waals surface area contributed by atoms with Crippen molar-refractivity contribution in [3.63, 3.8) is 0 Å². The van der Waals surface area contributed by atoms with Gasteiger partial charge in [0.05, 0.1) is 5.60 Å². The summed E-state index contributed by atoms with van der Waals surface area (Å²) in [6.45, 7) is 4.26. The summed E-state index contributed by atoms with van der Waals surface area (Å²) in [5.41, 5.74) is 8.94. The van der Waals surface area contributed by atoms with Crippen molar-refractivity contribution in [2.45, 2.75) is 44.4 Å². The lowest BCUT2D eigenvalue weighted by Crippen LogP contribution is -2.58. The monoisotopic (exact) mass is 415 g/mol. The lowest BCUT2D eigenvalue weighted by atomic mass is 9.63. The summed E-state index contributed by atoms with van der Waals surface area (Å²) >= 11 is 0. The fourth-order valence-electron chi connectivity index (χ4n) is 4.80. The standard InChI is InChI=1S/C25H25N3O3/c1-3-28-15-27-22-20(23(28)29)19(16-7-5-4-6-8-16)21(31-22)17-9-11-18(12-10-17)25(26)13-24(2,30)14-25/h4-12,15,30H,3,13-14,26H2,1-2H3. The molecule has 1 aliphatic rings. The van der Waals surface area contributed by atoms with Gasteiger partial charge in [0.1, 0.15) is 17.5 Å². The Labute approximate surface area is 180 Å². The predicted octanol–water partition coefficient (Wildman–Crippen LogP) is 4.04. The molecule has 0 amide bonds. The Hall–Kier alpha value is -3.22. The fraction of sp³-hybridized carbons (Fsp3) is 0.280. The van der Waals surface area contributed by atoms with Crippen molar-refractivity contribution in [2.75, 3.05) is 0 Å². The van der Waals surface area contributed by atoms with E-state index in [1.165, 1.54) is 6.33 Å². The maximum absolute atomic E-state index is 13.1. The first-order valence-corrected chi connectivity index (χ1v) is 10.5. The molecule has 0 atom stereocenters. The van der Waals surface area contributed by atoms with Crippen LogP contribution in [0.4, 0.5) is 0 Å². The maximum atomic E-state index is 13.1. The van der Waals surface area contributed by atoms with Crippen LogP contribution in [0, 0.1) is 0 Å². The van der Waals surface area contributed by atoms with Gasteiger partial charge in [0.25, 0.3) is 5.56 Å². The Morgan fingerprint density at radius 3 is 2.39 bits per heavy atom. The van der Waals surface area contributed by atoms with E-state index in [1.54, 1.807) is 4.57 Å². The van der Waals surface area contributed by atoms with Gasteiger partial charge in [0.2, 0.25) is 5.71 Å². The van der Waals surface area contributed by atoms with Crippen molar-refractivity contribution >= 4 is 11.1 Å². The van der Waals surface area contributed by atoms with E-state index < -0.39 is 11.1 Å². The van der Waals surface area contributed by atoms with Gasteiger partial charge in [-0.2, -0.15) is 0 Å². The Balaban J connectivity index is 1.67. The molecule has 1 saturated carbocycles. The van der Waals surface area contributed by atoms with Crippen LogP contribution in [0.3, 0.4) is 0 Å². The second kappa shape index (κ2) is 6.90. The molecular weight excluding hydrogens is 390 g/mol. The molecule has 158 valence electrons. The number of rotatable bonds is 4. The van der Waals surface area contributed by atoms with Crippen molar-refractivity contribution < 1.29 is 9.52 Å². The van der Waals surface area contributed by atoms with E-state index in [4.69, 9.17) is 10.2 Å². The third-order valence-corrected chi connectivity index (χ3v) is 6.20. The van der Waals surface area contributed by atoms with Crippen LogP contribution >= 0.6 is 0 Å². The summed E-state index contributed by atoms with van der Waals surface area (Å²) in [6, 6.07) is 17.6. The highest BCUT2D eigenvalue weighted by Gasteiger charge is 2.49. The largest absolute Gasteiger partial charge is 0.437 e. The van der Waals surface area contributed by atoms with Gasteiger partial charge in [-0.3, -0.25) is 9.36 Å².